The van der Waals surface area contributed by atoms with E-state index in [2.05, 4.69) is 10.0 Å². The number of hydrogen-bond donors (Lipinski definition) is 2. The number of aliphatic hydroxyl groups is 2. The minimum Gasteiger partial charge on any atom is -0.386 e. The van der Waals surface area contributed by atoms with Crippen LogP contribution in [0.3, 0.4) is 0 Å². The largest absolute Gasteiger partial charge is 0.386 e. The minimum atomic E-state index is -1.75. The lowest BCUT2D eigenvalue weighted by atomic mass is 9.67. The first kappa shape index (κ1) is 18.0. The Morgan fingerprint density at radius 1 is 0.963 bits per heavy atom. The molecule has 2 aromatic carbocycles. The highest BCUT2D eigenvalue weighted by molar-refractivity contribution is 5.28. The molecule has 7 nitrogen and oxygen atoms in total. The number of ether oxygens (including phenoxy) is 2. The van der Waals surface area contributed by atoms with Crippen molar-refractivity contribution in [3.05, 3.63) is 82.2 Å². The zero-order valence-corrected chi connectivity index (χ0v) is 14.7. The van der Waals surface area contributed by atoms with Crippen LogP contribution >= 0.6 is 0 Å². The Morgan fingerprint density at radius 3 is 2.07 bits per heavy atom. The Bertz CT molecular complexity index is 843. The molecule has 2 N–H and O–H groups in total. The number of azide groups is 1. The van der Waals surface area contributed by atoms with Crippen LogP contribution in [-0.4, -0.2) is 46.5 Å². The first-order valence-corrected chi connectivity index (χ1v) is 8.91. The molecule has 2 saturated heterocycles. The minimum absolute atomic E-state index is 0.112. The Kier molecular flexibility index (Phi) is 4.63. The summed E-state index contributed by atoms with van der Waals surface area (Å²) in [6, 6.07) is 17.7. The van der Waals surface area contributed by atoms with Crippen LogP contribution in [0.2, 0.25) is 0 Å². The number of rotatable bonds is 5. The molecular weight excluding hydrogens is 346 g/mol. The van der Waals surface area contributed by atoms with Crippen LogP contribution in [0.5, 0.6) is 0 Å². The Morgan fingerprint density at radius 2 is 1.52 bits per heavy atom. The molecule has 2 fully saturated rings. The Hall–Kier alpha value is -2.41. The molecule has 0 radical (unpaired) electrons. The van der Waals surface area contributed by atoms with E-state index < -0.39 is 29.6 Å². The van der Waals surface area contributed by atoms with Gasteiger partial charge < -0.3 is 19.7 Å². The van der Waals surface area contributed by atoms with Crippen LogP contribution < -0.4 is 0 Å². The van der Waals surface area contributed by atoms with Crippen LogP contribution in [-0.2, 0) is 22.3 Å². The quantitative estimate of drug-likeness (QED) is 0.480. The van der Waals surface area contributed by atoms with Gasteiger partial charge in [0.2, 0.25) is 0 Å². The van der Waals surface area contributed by atoms with Gasteiger partial charge in [-0.15, -0.1) is 0 Å². The SMILES string of the molecule is [N-]=[N+]=N[C@@H]1[C@@H]2OC[C@@H](O2)[C@](O)(Cc2ccccc2)[C@@]1(O)Cc1ccccc1. The van der Waals surface area contributed by atoms with E-state index in [1.807, 2.05) is 60.7 Å². The summed E-state index contributed by atoms with van der Waals surface area (Å²) in [5, 5.41) is 27.3. The first-order valence-electron chi connectivity index (χ1n) is 8.91. The van der Waals surface area contributed by atoms with E-state index in [0.29, 0.717) is 0 Å². The summed E-state index contributed by atoms with van der Waals surface area (Å²) in [4.78, 5) is 2.88. The molecule has 0 amide bonds. The van der Waals surface area contributed by atoms with Crippen molar-refractivity contribution in [2.75, 3.05) is 6.61 Å². The maximum atomic E-state index is 11.8. The smallest absolute Gasteiger partial charge is 0.169 e. The average Bonchev–Trinajstić information content (AvgIpc) is 3.14. The van der Waals surface area contributed by atoms with Crippen LogP contribution in [0, 0.1) is 0 Å². The lowest BCUT2D eigenvalue weighted by Crippen LogP contribution is -2.73. The number of benzene rings is 2. The molecule has 2 aliphatic rings. The Balaban J connectivity index is 1.80. The fourth-order valence-electron chi connectivity index (χ4n) is 4.14. The zero-order valence-electron chi connectivity index (χ0n) is 14.7. The third-order valence-corrected chi connectivity index (χ3v) is 5.55. The number of nitrogens with zero attached hydrogens (tertiary/aromatic N) is 3. The highest BCUT2D eigenvalue weighted by atomic mass is 16.7. The lowest BCUT2D eigenvalue weighted by molar-refractivity contribution is -0.273. The van der Waals surface area contributed by atoms with Crippen molar-refractivity contribution in [3.8, 4) is 0 Å². The van der Waals surface area contributed by atoms with Crippen molar-refractivity contribution < 1.29 is 19.7 Å². The summed E-state index contributed by atoms with van der Waals surface area (Å²) in [5.41, 5.74) is 7.30. The molecule has 2 aliphatic heterocycles. The van der Waals surface area contributed by atoms with Crippen molar-refractivity contribution in [2.24, 2.45) is 5.11 Å². The van der Waals surface area contributed by atoms with Crippen LogP contribution in [0.4, 0.5) is 0 Å². The standard InChI is InChI=1S/C20H21N3O4/c21-23-22-17-18-26-13-16(27-18)19(24,11-14-7-3-1-4-8-14)20(17,25)12-15-9-5-2-6-10-15/h1-10,16-18,24-25H,11-13H2/t16-,17-,18-,19-,20-/m1/s1. The van der Waals surface area contributed by atoms with Crippen molar-refractivity contribution in [2.45, 2.75) is 42.5 Å². The summed E-state index contributed by atoms with van der Waals surface area (Å²) in [5.74, 6) is 0. The van der Waals surface area contributed by atoms with Crippen molar-refractivity contribution in [1.29, 1.82) is 0 Å². The van der Waals surface area contributed by atoms with E-state index in [-0.39, 0.29) is 19.4 Å². The highest BCUT2D eigenvalue weighted by Crippen LogP contribution is 2.47. The topological polar surface area (TPSA) is 108 Å². The Labute approximate surface area is 156 Å². The molecule has 2 heterocycles. The summed E-state index contributed by atoms with van der Waals surface area (Å²) in [7, 11) is 0. The molecule has 0 saturated carbocycles. The predicted molar refractivity (Wildman–Crippen MR) is 97.7 cm³/mol. The van der Waals surface area contributed by atoms with Gasteiger partial charge in [-0.3, -0.25) is 0 Å². The average molecular weight is 367 g/mol. The summed E-state index contributed by atoms with van der Waals surface area (Å²) in [6.45, 7) is 0.128. The second-order valence-electron chi connectivity index (χ2n) is 7.15. The summed E-state index contributed by atoms with van der Waals surface area (Å²) in [6.07, 6.45) is -1.34. The monoisotopic (exact) mass is 367 g/mol. The maximum Gasteiger partial charge on any atom is 0.169 e. The van der Waals surface area contributed by atoms with Crippen molar-refractivity contribution >= 4 is 0 Å². The van der Waals surface area contributed by atoms with E-state index in [4.69, 9.17) is 15.0 Å². The third kappa shape index (κ3) is 3.00. The van der Waals surface area contributed by atoms with Crippen LogP contribution in [0.15, 0.2) is 65.8 Å². The molecule has 5 atom stereocenters. The molecular formula is C20H21N3O4. The van der Waals surface area contributed by atoms with Gasteiger partial charge in [0.05, 0.1) is 6.61 Å². The van der Waals surface area contributed by atoms with Gasteiger partial charge in [-0.2, -0.15) is 0 Å². The van der Waals surface area contributed by atoms with Gasteiger partial charge in [0.15, 0.2) is 6.29 Å². The highest BCUT2D eigenvalue weighted by Gasteiger charge is 2.67. The summed E-state index contributed by atoms with van der Waals surface area (Å²) >= 11 is 0. The van der Waals surface area contributed by atoms with Crippen LogP contribution in [0.25, 0.3) is 10.4 Å². The van der Waals surface area contributed by atoms with E-state index in [9.17, 15) is 10.2 Å². The molecule has 0 aromatic heterocycles. The molecule has 2 bridgehead atoms. The molecule has 0 aliphatic carbocycles. The molecule has 0 spiro atoms. The van der Waals surface area contributed by atoms with E-state index >= 15 is 0 Å². The second-order valence-corrected chi connectivity index (χ2v) is 7.15. The molecule has 4 rings (SSSR count). The van der Waals surface area contributed by atoms with Gasteiger partial charge in [0.1, 0.15) is 23.3 Å². The first-order chi connectivity index (χ1) is 13.1. The van der Waals surface area contributed by atoms with Crippen molar-refractivity contribution in [1.82, 2.24) is 0 Å². The van der Waals surface area contributed by atoms with Crippen LogP contribution in [0.1, 0.15) is 11.1 Å². The van der Waals surface area contributed by atoms with E-state index in [1.165, 1.54) is 0 Å². The van der Waals surface area contributed by atoms with Gasteiger partial charge in [0, 0.05) is 17.8 Å². The lowest BCUT2D eigenvalue weighted by Gasteiger charge is -2.52. The maximum absolute atomic E-state index is 11.8. The van der Waals surface area contributed by atoms with E-state index in [0.717, 1.165) is 11.1 Å². The van der Waals surface area contributed by atoms with Gasteiger partial charge in [-0.25, -0.2) is 0 Å². The van der Waals surface area contributed by atoms with Gasteiger partial charge in [0.25, 0.3) is 0 Å². The molecule has 27 heavy (non-hydrogen) atoms. The third-order valence-electron chi connectivity index (χ3n) is 5.55. The normalized spacial score (nSPS) is 34.8. The zero-order chi connectivity index (χ0) is 18.9. The molecule has 2 aromatic rings. The molecule has 7 heteroatoms. The summed E-state index contributed by atoms with van der Waals surface area (Å²) < 4.78 is 11.4. The van der Waals surface area contributed by atoms with Gasteiger partial charge >= 0.3 is 0 Å². The van der Waals surface area contributed by atoms with Gasteiger partial charge in [-0.05, 0) is 16.7 Å². The van der Waals surface area contributed by atoms with E-state index in [1.54, 1.807) is 0 Å². The predicted octanol–water partition coefficient (Wildman–Crippen LogP) is 2.37. The fourth-order valence-corrected chi connectivity index (χ4v) is 4.14. The second kappa shape index (κ2) is 6.96. The fraction of sp³-hybridized carbons (Fsp3) is 0.400. The number of hydrogen-bond acceptors (Lipinski definition) is 5. The number of fused-ring (bicyclic) bond motifs is 2. The van der Waals surface area contributed by atoms with Crippen molar-refractivity contribution in [3.63, 3.8) is 0 Å². The molecule has 0 unspecified atom stereocenters. The molecule has 140 valence electrons. The van der Waals surface area contributed by atoms with Gasteiger partial charge in [-0.1, -0.05) is 65.8 Å².